The molecule has 1 aliphatic carbocycles. The summed E-state index contributed by atoms with van der Waals surface area (Å²) in [7, 11) is 2.66. The Morgan fingerprint density at radius 2 is 1.44 bits per heavy atom. The molecule has 27 heavy (non-hydrogen) atoms. The summed E-state index contributed by atoms with van der Waals surface area (Å²) in [5.74, 6) is -1.35. The van der Waals surface area contributed by atoms with E-state index in [1.165, 1.54) is 14.2 Å². The van der Waals surface area contributed by atoms with Crippen LogP contribution in [-0.2, 0) is 19.1 Å². The first-order valence-electron chi connectivity index (χ1n) is 8.58. The fourth-order valence-corrected chi connectivity index (χ4v) is 3.47. The van der Waals surface area contributed by atoms with Gasteiger partial charge in [0.05, 0.1) is 25.5 Å². The number of benzene rings is 2. The molecule has 2 aromatic rings. The lowest BCUT2D eigenvalue weighted by atomic mass is 9.76. The maximum absolute atomic E-state index is 12.6. The summed E-state index contributed by atoms with van der Waals surface area (Å²) in [4.78, 5) is 25.1. The van der Waals surface area contributed by atoms with E-state index in [0.717, 1.165) is 11.1 Å². The Kier molecular flexibility index (Phi) is 5.41. The van der Waals surface area contributed by atoms with Crippen molar-refractivity contribution in [3.63, 3.8) is 0 Å². The smallest absolute Gasteiger partial charge is 0.336 e. The zero-order valence-corrected chi connectivity index (χ0v) is 15.3. The van der Waals surface area contributed by atoms with Gasteiger partial charge in [-0.05, 0) is 17.5 Å². The van der Waals surface area contributed by atoms with E-state index in [4.69, 9.17) is 15.2 Å². The first-order chi connectivity index (χ1) is 13.1. The highest BCUT2D eigenvalue weighted by molar-refractivity contribution is 6.06. The van der Waals surface area contributed by atoms with Crippen LogP contribution in [0.15, 0.2) is 77.5 Å². The van der Waals surface area contributed by atoms with Crippen molar-refractivity contribution < 1.29 is 19.1 Å². The second-order valence-electron chi connectivity index (χ2n) is 6.20. The Morgan fingerprint density at radius 1 is 0.889 bits per heavy atom. The number of hydrogen-bond acceptors (Lipinski definition) is 5. The summed E-state index contributed by atoms with van der Waals surface area (Å²) in [6, 6.07) is 18.8. The van der Waals surface area contributed by atoms with Gasteiger partial charge in [0.2, 0.25) is 0 Å². The first-order valence-corrected chi connectivity index (χ1v) is 8.58. The molecule has 1 unspecified atom stereocenters. The third kappa shape index (κ3) is 3.49. The molecule has 0 aromatic heterocycles. The number of carbonyl (C=O) groups excluding carboxylic acids is 2. The fourth-order valence-electron chi connectivity index (χ4n) is 3.47. The Bertz CT molecular complexity index is 914. The quantitative estimate of drug-likeness (QED) is 0.844. The van der Waals surface area contributed by atoms with Crippen LogP contribution in [0.1, 0.15) is 23.5 Å². The zero-order valence-electron chi connectivity index (χ0n) is 15.3. The highest BCUT2D eigenvalue weighted by Crippen LogP contribution is 2.43. The Morgan fingerprint density at radius 3 is 2.00 bits per heavy atom. The van der Waals surface area contributed by atoms with Gasteiger partial charge >= 0.3 is 11.9 Å². The van der Waals surface area contributed by atoms with Gasteiger partial charge in [-0.1, -0.05) is 60.7 Å². The molecule has 0 saturated carbocycles. The predicted octanol–water partition coefficient (Wildman–Crippen LogP) is 3.19. The third-order valence-corrected chi connectivity index (χ3v) is 4.72. The van der Waals surface area contributed by atoms with E-state index in [9.17, 15) is 9.59 Å². The van der Waals surface area contributed by atoms with E-state index in [2.05, 4.69) is 0 Å². The van der Waals surface area contributed by atoms with Crippen LogP contribution in [0.5, 0.6) is 0 Å². The summed E-state index contributed by atoms with van der Waals surface area (Å²) in [5, 5.41) is 0. The van der Waals surface area contributed by atoms with Gasteiger partial charge in [0.15, 0.2) is 0 Å². The Hall–Kier alpha value is -3.34. The molecular weight excluding hydrogens is 342 g/mol. The molecule has 1 aliphatic rings. The normalized spacial score (nSPS) is 16.9. The van der Waals surface area contributed by atoms with E-state index >= 15 is 0 Å². The van der Waals surface area contributed by atoms with Crippen molar-refractivity contribution in [1.82, 2.24) is 0 Å². The number of carbonyl (C=O) groups is 2. The molecule has 2 aromatic carbocycles. The lowest BCUT2D eigenvalue weighted by Crippen LogP contribution is -2.27. The molecule has 0 amide bonds. The van der Waals surface area contributed by atoms with Crippen molar-refractivity contribution in [2.75, 3.05) is 14.2 Å². The molecule has 2 N–H and O–H groups in total. The minimum atomic E-state index is -0.501. The van der Waals surface area contributed by atoms with Crippen molar-refractivity contribution in [3.05, 3.63) is 88.6 Å². The van der Waals surface area contributed by atoms with E-state index < -0.39 is 11.9 Å². The van der Waals surface area contributed by atoms with Crippen LogP contribution in [0.3, 0.4) is 0 Å². The monoisotopic (exact) mass is 363 g/mol. The van der Waals surface area contributed by atoms with Crippen LogP contribution in [0.25, 0.3) is 5.57 Å². The summed E-state index contributed by atoms with van der Waals surface area (Å²) in [5.41, 5.74) is 9.66. The molecule has 0 aliphatic heterocycles. The molecule has 0 spiro atoms. The second kappa shape index (κ2) is 7.91. The first kappa shape index (κ1) is 18.5. The molecule has 5 nitrogen and oxygen atoms in total. The van der Waals surface area contributed by atoms with Crippen molar-refractivity contribution in [2.24, 2.45) is 5.73 Å². The third-order valence-electron chi connectivity index (χ3n) is 4.72. The zero-order chi connectivity index (χ0) is 19.4. The molecule has 1 atom stereocenters. The van der Waals surface area contributed by atoms with Gasteiger partial charge in [-0.2, -0.15) is 0 Å². The van der Waals surface area contributed by atoms with Gasteiger partial charge in [-0.15, -0.1) is 0 Å². The average molecular weight is 363 g/mol. The standard InChI is InChI=1S/C22H21NO4/c1-26-21(24)17-13-16(14-9-5-3-6-10-14)19(22(25)27-2)20(23)18(17)15-11-7-4-8-12-15/h3-12,16H,13,23H2,1-2H3. The van der Waals surface area contributed by atoms with Gasteiger partial charge in [0, 0.05) is 17.1 Å². The molecule has 0 bridgehead atoms. The van der Waals surface area contributed by atoms with Gasteiger partial charge < -0.3 is 15.2 Å². The van der Waals surface area contributed by atoms with Gasteiger partial charge in [-0.3, -0.25) is 0 Å². The molecule has 0 fully saturated rings. The van der Waals surface area contributed by atoms with E-state index in [1.54, 1.807) is 0 Å². The Balaban J connectivity index is 2.26. The van der Waals surface area contributed by atoms with Gasteiger partial charge in [0.1, 0.15) is 0 Å². The minimum Gasteiger partial charge on any atom is -0.466 e. The van der Waals surface area contributed by atoms with Crippen LogP contribution in [0.4, 0.5) is 0 Å². The average Bonchev–Trinajstić information content (AvgIpc) is 2.73. The molecule has 0 saturated heterocycles. The van der Waals surface area contributed by atoms with Crippen molar-refractivity contribution in [3.8, 4) is 0 Å². The maximum Gasteiger partial charge on any atom is 0.336 e. The molecule has 5 heteroatoms. The SMILES string of the molecule is COC(=O)C1=C(c2ccccc2)C(N)=C(C(=O)OC)C(c2ccccc2)C1. The number of methoxy groups -OCH3 is 2. The fraction of sp³-hybridized carbons (Fsp3) is 0.182. The van der Waals surface area contributed by atoms with Crippen molar-refractivity contribution in [1.29, 1.82) is 0 Å². The summed E-state index contributed by atoms with van der Waals surface area (Å²) in [6.07, 6.45) is 0.298. The van der Waals surface area contributed by atoms with Crippen LogP contribution in [0.2, 0.25) is 0 Å². The highest BCUT2D eigenvalue weighted by Gasteiger charge is 2.36. The van der Waals surface area contributed by atoms with E-state index in [-0.39, 0.29) is 11.6 Å². The molecule has 3 rings (SSSR count). The maximum atomic E-state index is 12.6. The number of allylic oxidation sites excluding steroid dienone is 1. The van der Waals surface area contributed by atoms with Crippen LogP contribution < -0.4 is 5.73 Å². The molecule has 0 radical (unpaired) electrons. The van der Waals surface area contributed by atoms with Crippen LogP contribution in [-0.4, -0.2) is 26.2 Å². The molecular formula is C22H21NO4. The number of esters is 2. The lowest BCUT2D eigenvalue weighted by molar-refractivity contribution is -0.138. The number of rotatable bonds is 4. The summed E-state index contributed by atoms with van der Waals surface area (Å²) in [6.45, 7) is 0. The molecule has 0 heterocycles. The van der Waals surface area contributed by atoms with Crippen LogP contribution >= 0.6 is 0 Å². The van der Waals surface area contributed by atoms with Crippen molar-refractivity contribution >= 4 is 17.5 Å². The number of hydrogen-bond donors (Lipinski definition) is 1. The topological polar surface area (TPSA) is 78.6 Å². The molecule has 138 valence electrons. The largest absolute Gasteiger partial charge is 0.466 e. The van der Waals surface area contributed by atoms with E-state index in [1.807, 2.05) is 60.7 Å². The second-order valence-corrected chi connectivity index (χ2v) is 6.20. The number of ether oxygens (including phenoxy) is 2. The van der Waals surface area contributed by atoms with E-state index in [0.29, 0.717) is 23.1 Å². The Labute approximate surface area is 158 Å². The highest BCUT2D eigenvalue weighted by atomic mass is 16.5. The van der Waals surface area contributed by atoms with Gasteiger partial charge in [-0.25, -0.2) is 9.59 Å². The number of nitrogens with two attached hydrogens (primary N) is 1. The van der Waals surface area contributed by atoms with Crippen molar-refractivity contribution in [2.45, 2.75) is 12.3 Å². The predicted molar refractivity (Wildman–Crippen MR) is 102 cm³/mol. The van der Waals surface area contributed by atoms with Gasteiger partial charge in [0.25, 0.3) is 0 Å². The van der Waals surface area contributed by atoms with Crippen LogP contribution in [0, 0.1) is 0 Å². The lowest BCUT2D eigenvalue weighted by Gasteiger charge is -2.29. The summed E-state index contributed by atoms with van der Waals surface area (Å²) >= 11 is 0. The summed E-state index contributed by atoms with van der Waals surface area (Å²) < 4.78 is 10.0. The minimum absolute atomic E-state index is 0.244.